The largest absolute Gasteiger partial charge is 0.479 e. The second kappa shape index (κ2) is 6.65. The molecule has 0 saturated heterocycles. The summed E-state index contributed by atoms with van der Waals surface area (Å²) in [6.07, 6.45) is 0.0891. The second-order valence-corrected chi connectivity index (χ2v) is 4.55. The molecule has 0 spiro atoms. The molecule has 0 aliphatic rings. The number of hydrogen-bond acceptors (Lipinski definition) is 2. The molecule has 21 heavy (non-hydrogen) atoms. The van der Waals surface area contributed by atoms with Crippen LogP contribution in [0, 0.1) is 5.82 Å². The number of rotatable bonds is 5. The van der Waals surface area contributed by atoms with Crippen LogP contribution < -0.4 is 5.32 Å². The van der Waals surface area contributed by atoms with Gasteiger partial charge in [-0.15, -0.1) is 0 Å². The van der Waals surface area contributed by atoms with Crippen molar-refractivity contribution in [2.75, 3.05) is 0 Å². The highest BCUT2D eigenvalue weighted by Crippen LogP contribution is 2.14. The molecule has 108 valence electrons. The first-order valence-electron chi connectivity index (χ1n) is 6.38. The quantitative estimate of drug-likeness (QED) is 0.887. The fourth-order valence-electron chi connectivity index (χ4n) is 1.94. The van der Waals surface area contributed by atoms with Crippen molar-refractivity contribution in [2.24, 2.45) is 0 Å². The predicted molar refractivity (Wildman–Crippen MR) is 75.1 cm³/mol. The van der Waals surface area contributed by atoms with Crippen LogP contribution in [0.3, 0.4) is 0 Å². The summed E-state index contributed by atoms with van der Waals surface area (Å²) in [6.45, 7) is 0. The molecule has 0 unspecified atom stereocenters. The van der Waals surface area contributed by atoms with Crippen molar-refractivity contribution in [1.29, 1.82) is 0 Å². The van der Waals surface area contributed by atoms with Gasteiger partial charge in [-0.25, -0.2) is 9.18 Å². The topological polar surface area (TPSA) is 66.4 Å². The lowest BCUT2D eigenvalue weighted by atomic mass is 10.1. The lowest BCUT2D eigenvalue weighted by Crippen LogP contribution is -2.34. The van der Waals surface area contributed by atoms with Crippen LogP contribution in [-0.4, -0.2) is 17.0 Å². The molecule has 0 bridgehead atoms. The van der Waals surface area contributed by atoms with Gasteiger partial charge < -0.3 is 10.4 Å². The first kappa shape index (κ1) is 14.7. The number of carbonyl (C=O) groups is 2. The molecule has 0 aliphatic heterocycles. The molecule has 5 heteroatoms. The van der Waals surface area contributed by atoms with E-state index in [-0.39, 0.29) is 6.42 Å². The Morgan fingerprint density at radius 3 is 2.24 bits per heavy atom. The first-order valence-corrected chi connectivity index (χ1v) is 6.38. The summed E-state index contributed by atoms with van der Waals surface area (Å²) >= 11 is 0. The molecule has 0 fully saturated rings. The Kier molecular flexibility index (Phi) is 4.66. The Morgan fingerprint density at radius 1 is 1.05 bits per heavy atom. The maximum Gasteiger partial charge on any atom is 0.330 e. The highest BCUT2D eigenvalue weighted by Gasteiger charge is 2.22. The van der Waals surface area contributed by atoms with Gasteiger partial charge in [0.1, 0.15) is 5.82 Å². The lowest BCUT2D eigenvalue weighted by Gasteiger charge is -2.15. The molecule has 2 rings (SSSR count). The Morgan fingerprint density at radius 2 is 1.67 bits per heavy atom. The van der Waals surface area contributed by atoms with Gasteiger partial charge in [0.2, 0.25) is 5.91 Å². The smallest absolute Gasteiger partial charge is 0.330 e. The number of aliphatic carboxylic acids is 1. The third-order valence-electron chi connectivity index (χ3n) is 2.96. The summed E-state index contributed by atoms with van der Waals surface area (Å²) in [6, 6.07) is 12.8. The van der Waals surface area contributed by atoms with Crippen molar-refractivity contribution in [1.82, 2.24) is 5.32 Å². The molecular weight excluding hydrogens is 273 g/mol. The SMILES string of the molecule is O=C(Cc1ccccc1)N[C@H](C(=O)O)c1ccc(F)cc1. The van der Waals surface area contributed by atoms with Gasteiger partial charge in [0.05, 0.1) is 6.42 Å². The molecule has 0 aliphatic carbocycles. The molecule has 2 aromatic carbocycles. The molecule has 0 radical (unpaired) electrons. The second-order valence-electron chi connectivity index (χ2n) is 4.55. The highest BCUT2D eigenvalue weighted by atomic mass is 19.1. The van der Waals surface area contributed by atoms with E-state index in [9.17, 15) is 19.1 Å². The van der Waals surface area contributed by atoms with E-state index in [4.69, 9.17) is 0 Å². The average molecular weight is 287 g/mol. The summed E-state index contributed by atoms with van der Waals surface area (Å²) in [4.78, 5) is 23.2. The molecule has 1 atom stereocenters. The summed E-state index contributed by atoms with van der Waals surface area (Å²) in [5.74, 6) is -2.06. The molecule has 4 nitrogen and oxygen atoms in total. The Labute approximate surface area is 121 Å². The van der Waals surface area contributed by atoms with E-state index in [0.29, 0.717) is 5.56 Å². The number of carbonyl (C=O) groups excluding carboxylic acids is 1. The first-order chi connectivity index (χ1) is 10.1. The molecular formula is C16H14FNO3. The third-order valence-corrected chi connectivity index (χ3v) is 2.96. The van der Waals surface area contributed by atoms with E-state index < -0.39 is 23.7 Å². The van der Waals surface area contributed by atoms with Crippen molar-refractivity contribution >= 4 is 11.9 Å². The van der Waals surface area contributed by atoms with Gasteiger partial charge in [-0.1, -0.05) is 42.5 Å². The van der Waals surface area contributed by atoms with Crippen LogP contribution in [0.1, 0.15) is 17.2 Å². The van der Waals surface area contributed by atoms with Crippen LogP contribution in [0.4, 0.5) is 4.39 Å². The van der Waals surface area contributed by atoms with Crippen LogP contribution in [0.2, 0.25) is 0 Å². The van der Waals surface area contributed by atoms with Crippen molar-refractivity contribution in [3.8, 4) is 0 Å². The fourth-order valence-corrected chi connectivity index (χ4v) is 1.94. The minimum atomic E-state index is -1.19. The number of nitrogens with one attached hydrogen (secondary N) is 1. The monoisotopic (exact) mass is 287 g/mol. The van der Waals surface area contributed by atoms with Gasteiger partial charge in [0.15, 0.2) is 6.04 Å². The highest BCUT2D eigenvalue weighted by molar-refractivity contribution is 5.85. The summed E-state index contributed by atoms with van der Waals surface area (Å²) < 4.78 is 12.9. The molecule has 0 heterocycles. The van der Waals surface area contributed by atoms with Crippen LogP contribution in [0.25, 0.3) is 0 Å². The maximum atomic E-state index is 12.9. The summed E-state index contributed by atoms with van der Waals surface area (Å²) in [5.41, 5.74) is 1.11. The maximum absolute atomic E-state index is 12.9. The molecule has 0 aromatic heterocycles. The van der Waals surface area contributed by atoms with E-state index in [0.717, 1.165) is 17.7 Å². The Hall–Kier alpha value is -2.69. The van der Waals surface area contributed by atoms with Crippen LogP contribution in [0.5, 0.6) is 0 Å². The standard InChI is InChI=1S/C16H14FNO3/c17-13-8-6-12(7-9-13)15(16(20)21)18-14(19)10-11-4-2-1-3-5-11/h1-9,15H,10H2,(H,18,19)(H,20,21)/t15-/m0/s1. The zero-order valence-electron chi connectivity index (χ0n) is 11.1. The summed E-state index contributed by atoms with van der Waals surface area (Å²) in [7, 11) is 0. The Bertz CT molecular complexity index is 626. The molecule has 2 aromatic rings. The number of carboxylic acid groups (broad SMARTS) is 1. The van der Waals surface area contributed by atoms with Gasteiger partial charge in [-0.05, 0) is 23.3 Å². The number of benzene rings is 2. The predicted octanol–water partition coefficient (Wildman–Crippen LogP) is 2.31. The van der Waals surface area contributed by atoms with E-state index in [1.807, 2.05) is 6.07 Å². The molecule has 1 amide bonds. The zero-order chi connectivity index (χ0) is 15.2. The van der Waals surface area contributed by atoms with Gasteiger partial charge in [-0.3, -0.25) is 4.79 Å². The minimum Gasteiger partial charge on any atom is -0.479 e. The van der Waals surface area contributed by atoms with E-state index in [2.05, 4.69) is 5.32 Å². The number of amides is 1. The summed E-state index contributed by atoms with van der Waals surface area (Å²) in [5, 5.41) is 11.6. The molecule has 0 saturated carbocycles. The number of carboxylic acids is 1. The van der Waals surface area contributed by atoms with Gasteiger partial charge in [-0.2, -0.15) is 0 Å². The number of hydrogen-bond donors (Lipinski definition) is 2. The van der Waals surface area contributed by atoms with Crippen molar-refractivity contribution in [3.63, 3.8) is 0 Å². The van der Waals surface area contributed by atoms with Gasteiger partial charge in [0.25, 0.3) is 0 Å². The Balaban J connectivity index is 2.08. The van der Waals surface area contributed by atoms with Gasteiger partial charge >= 0.3 is 5.97 Å². The lowest BCUT2D eigenvalue weighted by molar-refractivity contribution is -0.141. The zero-order valence-corrected chi connectivity index (χ0v) is 11.1. The van der Waals surface area contributed by atoms with Crippen molar-refractivity contribution in [3.05, 3.63) is 71.5 Å². The van der Waals surface area contributed by atoms with Crippen molar-refractivity contribution < 1.29 is 19.1 Å². The average Bonchev–Trinajstić information content (AvgIpc) is 2.47. The third kappa shape index (κ3) is 4.14. The van der Waals surface area contributed by atoms with Crippen LogP contribution in [-0.2, 0) is 16.0 Å². The van der Waals surface area contributed by atoms with E-state index in [1.54, 1.807) is 24.3 Å². The van der Waals surface area contributed by atoms with E-state index in [1.165, 1.54) is 12.1 Å². The molecule has 2 N–H and O–H groups in total. The fraction of sp³-hybridized carbons (Fsp3) is 0.125. The normalized spacial score (nSPS) is 11.7. The van der Waals surface area contributed by atoms with Crippen LogP contribution in [0.15, 0.2) is 54.6 Å². The number of halogens is 1. The van der Waals surface area contributed by atoms with Crippen LogP contribution >= 0.6 is 0 Å². The van der Waals surface area contributed by atoms with Gasteiger partial charge in [0, 0.05) is 0 Å². The van der Waals surface area contributed by atoms with Crippen molar-refractivity contribution in [2.45, 2.75) is 12.5 Å². The minimum absolute atomic E-state index is 0.0891. The van der Waals surface area contributed by atoms with E-state index >= 15 is 0 Å².